The second-order valence-corrected chi connectivity index (χ2v) is 7.17. The lowest BCUT2D eigenvalue weighted by Gasteiger charge is -2.15. The van der Waals surface area contributed by atoms with Crippen LogP contribution in [0.3, 0.4) is 0 Å². The fourth-order valence-corrected chi connectivity index (χ4v) is 4.47. The van der Waals surface area contributed by atoms with Gasteiger partial charge in [-0.15, -0.1) is 0 Å². The van der Waals surface area contributed by atoms with Crippen LogP contribution in [0.5, 0.6) is 0 Å². The van der Waals surface area contributed by atoms with E-state index in [9.17, 15) is 0 Å². The Hall–Kier alpha value is -0.670. The summed E-state index contributed by atoms with van der Waals surface area (Å²) in [5.41, 5.74) is 4.33. The number of benzene rings is 1. The summed E-state index contributed by atoms with van der Waals surface area (Å²) in [5.74, 6) is 1.26. The number of fused-ring (bicyclic) bond motifs is 1. The molecule has 3 heteroatoms. The van der Waals surface area contributed by atoms with Crippen molar-refractivity contribution in [1.29, 1.82) is 0 Å². The molecule has 1 aromatic carbocycles. The molecule has 1 aliphatic heterocycles. The second kappa shape index (κ2) is 6.19. The monoisotopic (exact) mass is 276 g/mol. The number of thioether (sulfide) groups is 1. The van der Waals surface area contributed by atoms with Crippen molar-refractivity contribution in [3.8, 4) is 0 Å². The Bertz CT molecular complexity index is 433. The Morgan fingerprint density at radius 1 is 1.37 bits per heavy atom. The zero-order valence-corrected chi connectivity index (χ0v) is 12.6. The van der Waals surface area contributed by atoms with Crippen LogP contribution in [0.15, 0.2) is 18.2 Å². The first-order chi connectivity index (χ1) is 9.36. The predicted octanol–water partition coefficient (Wildman–Crippen LogP) is 3.42. The van der Waals surface area contributed by atoms with Gasteiger partial charge in [0, 0.05) is 30.1 Å². The molecule has 0 bridgehead atoms. The molecule has 2 N–H and O–H groups in total. The molecule has 1 aromatic rings. The van der Waals surface area contributed by atoms with Crippen molar-refractivity contribution in [2.45, 2.75) is 50.4 Å². The minimum Gasteiger partial charge on any atom is -0.384 e. The van der Waals surface area contributed by atoms with Gasteiger partial charge in [-0.1, -0.05) is 25.1 Å². The topological polar surface area (TPSA) is 24.1 Å². The molecule has 0 spiro atoms. The molecular weight excluding hydrogens is 252 g/mol. The van der Waals surface area contributed by atoms with Crippen LogP contribution in [-0.4, -0.2) is 23.6 Å². The zero-order chi connectivity index (χ0) is 13.1. The third kappa shape index (κ3) is 3.09. The third-order valence-electron chi connectivity index (χ3n) is 4.30. The first-order valence-electron chi connectivity index (χ1n) is 7.56. The molecule has 3 rings (SSSR count). The van der Waals surface area contributed by atoms with Gasteiger partial charge in [0.2, 0.25) is 0 Å². The summed E-state index contributed by atoms with van der Waals surface area (Å²) in [6.07, 6.45) is 5.27. The molecule has 1 heterocycles. The molecule has 1 fully saturated rings. The SMILES string of the molecule is CCSC1CCC(NCc2cccc3c2NCC3)C1. The number of hydrogen-bond acceptors (Lipinski definition) is 3. The van der Waals surface area contributed by atoms with Crippen LogP contribution in [0.2, 0.25) is 0 Å². The van der Waals surface area contributed by atoms with Crippen molar-refractivity contribution < 1.29 is 0 Å². The number of para-hydroxylation sites is 1. The average molecular weight is 276 g/mol. The van der Waals surface area contributed by atoms with Gasteiger partial charge in [-0.25, -0.2) is 0 Å². The summed E-state index contributed by atoms with van der Waals surface area (Å²) in [5, 5.41) is 8.18. The Morgan fingerprint density at radius 2 is 2.32 bits per heavy atom. The number of anilines is 1. The van der Waals surface area contributed by atoms with Crippen molar-refractivity contribution >= 4 is 17.4 Å². The summed E-state index contributed by atoms with van der Waals surface area (Å²) < 4.78 is 0. The smallest absolute Gasteiger partial charge is 0.0419 e. The molecule has 19 heavy (non-hydrogen) atoms. The molecule has 1 saturated carbocycles. The quantitative estimate of drug-likeness (QED) is 0.862. The minimum atomic E-state index is 0.723. The van der Waals surface area contributed by atoms with E-state index in [1.807, 2.05) is 0 Å². The maximum absolute atomic E-state index is 3.76. The summed E-state index contributed by atoms with van der Waals surface area (Å²) in [6.45, 7) is 4.39. The fourth-order valence-electron chi connectivity index (χ4n) is 3.33. The highest BCUT2D eigenvalue weighted by Gasteiger charge is 2.24. The Labute approximate surface area is 120 Å². The maximum atomic E-state index is 3.76. The molecule has 2 atom stereocenters. The van der Waals surface area contributed by atoms with E-state index in [0.717, 1.165) is 24.4 Å². The number of hydrogen-bond donors (Lipinski definition) is 2. The Morgan fingerprint density at radius 3 is 3.21 bits per heavy atom. The molecule has 2 aliphatic rings. The molecule has 0 radical (unpaired) electrons. The van der Waals surface area contributed by atoms with Gasteiger partial charge in [0.1, 0.15) is 0 Å². The minimum absolute atomic E-state index is 0.723. The first kappa shape index (κ1) is 13.3. The van der Waals surface area contributed by atoms with Gasteiger partial charge in [-0.2, -0.15) is 11.8 Å². The molecule has 2 nitrogen and oxygen atoms in total. The summed E-state index contributed by atoms with van der Waals surface area (Å²) in [6, 6.07) is 7.44. The Kier molecular flexibility index (Phi) is 4.34. The van der Waals surface area contributed by atoms with E-state index in [0.29, 0.717) is 0 Å². The zero-order valence-electron chi connectivity index (χ0n) is 11.7. The largest absolute Gasteiger partial charge is 0.384 e. The highest BCUT2D eigenvalue weighted by molar-refractivity contribution is 7.99. The van der Waals surface area contributed by atoms with Crippen LogP contribution < -0.4 is 10.6 Å². The van der Waals surface area contributed by atoms with Crippen LogP contribution in [0.25, 0.3) is 0 Å². The van der Waals surface area contributed by atoms with Crippen molar-refractivity contribution in [2.24, 2.45) is 0 Å². The second-order valence-electron chi connectivity index (χ2n) is 5.60. The third-order valence-corrected chi connectivity index (χ3v) is 5.53. The molecule has 104 valence electrons. The van der Waals surface area contributed by atoms with Crippen LogP contribution >= 0.6 is 11.8 Å². The lowest BCUT2D eigenvalue weighted by molar-refractivity contribution is 0.525. The van der Waals surface area contributed by atoms with E-state index in [2.05, 4.69) is 47.5 Å². The predicted molar refractivity (Wildman–Crippen MR) is 85.0 cm³/mol. The van der Waals surface area contributed by atoms with Gasteiger partial charge in [-0.3, -0.25) is 0 Å². The van der Waals surface area contributed by atoms with Gasteiger partial charge in [-0.05, 0) is 42.6 Å². The molecule has 0 saturated heterocycles. The molecule has 1 aliphatic carbocycles. The number of nitrogens with one attached hydrogen (secondary N) is 2. The van der Waals surface area contributed by atoms with Gasteiger partial charge < -0.3 is 10.6 Å². The Balaban J connectivity index is 1.55. The highest BCUT2D eigenvalue weighted by atomic mass is 32.2. The van der Waals surface area contributed by atoms with E-state index in [1.165, 1.54) is 48.3 Å². The van der Waals surface area contributed by atoms with Gasteiger partial charge in [0.15, 0.2) is 0 Å². The van der Waals surface area contributed by atoms with Crippen molar-refractivity contribution in [1.82, 2.24) is 5.32 Å². The highest BCUT2D eigenvalue weighted by Crippen LogP contribution is 2.31. The summed E-state index contributed by atoms with van der Waals surface area (Å²) in [4.78, 5) is 0. The van der Waals surface area contributed by atoms with E-state index in [4.69, 9.17) is 0 Å². The number of rotatable bonds is 5. The van der Waals surface area contributed by atoms with Crippen LogP contribution in [0, 0.1) is 0 Å². The van der Waals surface area contributed by atoms with E-state index in [1.54, 1.807) is 0 Å². The van der Waals surface area contributed by atoms with Crippen molar-refractivity contribution in [2.75, 3.05) is 17.6 Å². The average Bonchev–Trinajstić information content (AvgIpc) is 3.05. The molecular formula is C16H24N2S. The van der Waals surface area contributed by atoms with Crippen LogP contribution in [-0.2, 0) is 13.0 Å². The van der Waals surface area contributed by atoms with E-state index in [-0.39, 0.29) is 0 Å². The molecule has 2 unspecified atom stereocenters. The summed E-state index contributed by atoms with van der Waals surface area (Å²) in [7, 11) is 0. The lowest BCUT2D eigenvalue weighted by atomic mass is 10.1. The normalized spacial score (nSPS) is 25.3. The van der Waals surface area contributed by atoms with E-state index < -0.39 is 0 Å². The fraction of sp³-hybridized carbons (Fsp3) is 0.625. The van der Waals surface area contributed by atoms with Crippen LogP contribution in [0.4, 0.5) is 5.69 Å². The van der Waals surface area contributed by atoms with Crippen molar-refractivity contribution in [3.05, 3.63) is 29.3 Å². The summed E-state index contributed by atoms with van der Waals surface area (Å²) >= 11 is 2.13. The molecule has 0 amide bonds. The van der Waals surface area contributed by atoms with Gasteiger partial charge in [0.05, 0.1) is 0 Å². The molecule has 0 aromatic heterocycles. The van der Waals surface area contributed by atoms with E-state index >= 15 is 0 Å². The van der Waals surface area contributed by atoms with Crippen molar-refractivity contribution in [3.63, 3.8) is 0 Å². The first-order valence-corrected chi connectivity index (χ1v) is 8.61. The maximum Gasteiger partial charge on any atom is 0.0419 e. The van der Waals surface area contributed by atoms with Crippen LogP contribution in [0.1, 0.15) is 37.3 Å². The van der Waals surface area contributed by atoms with Gasteiger partial charge in [0.25, 0.3) is 0 Å². The standard InChI is InChI=1S/C16H24N2S/c1-2-19-15-7-6-14(10-15)18-11-13-5-3-4-12-8-9-17-16(12)13/h3-5,14-15,17-18H,2,6-11H2,1H3. The lowest BCUT2D eigenvalue weighted by Crippen LogP contribution is -2.26. The van der Waals surface area contributed by atoms with Gasteiger partial charge >= 0.3 is 0 Å².